The average Bonchev–Trinajstić information content (AvgIpc) is 1.77. The van der Waals surface area contributed by atoms with Crippen LogP contribution in [0.4, 0.5) is 0 Å². The minimum absolute atomic E-state index is 0.229. The minimum Gasteiger partial charge on any atom is -0.361 e. The quantitative estimate of drug-likeness (QED) is 0.488. The zero-order valence-electron chi connectivity index (χ0n) is 9.64. The van der Waals surface area contributed by atoms with Crippen LogP contribution < -0.4 is 0 Å². The van der Waals surface area contributed by atoms with E-state index in [0.29, 0.717) is 0 Å². The molecule has 0 aromatic carbocycles. The van der Waals surface area contributed by atoms with Crippen LogP contribution in [0.15, 0.2) is 0 Å². The van der Waals surface area contributed by atoms with E-state index in [0.717, 1.165) is 5.54 Å². The maximum atomic E-state index is 5.48. The fraction of sp³-hybridized carbons (Fsp3) is 0.900. The molecule has 1 rings (SSSR count). The summed E-state index contributed by atoms with van der Waals surface area (Å²) in [6.45, 7) is 15.1. The molecule has 1 atom stereocenters. The lowest BCUT2D eigenvalue weighted by atomic mass is 10.0. The minimum atomic E-state index is -1.04. The number of likely N-dealkylation sites (tertiary alicyclic amines) is 1. The molecule has 1 aliphatic rings. The summed E-state index contributed by atoms with van der Waals surface area (Å²) in [5.74, 6) is 0. The van der Waals surface area contributed by atoms with E-state index in [1.165, 1.54) is 11.5 Å². The number of nitrogens with zero attached hydrogens (tertiary/aromatic N) is 1. The van der Waals surface area contributed by atoms with E-state index >= 15 is 0 Å². The molecule has 13 heavy (non-hydrogen) atoms. The summed E-state index contributed by atoms with van der Waals surface area (Å²) >= 11 is 5.48. The third-order valence-electron chi connectivity index (χ3n) is 2.78. The second-order valence-electron chi connectivity index (χ2n) is 6.04. The standard InChI is InChI=1S/C10H21NSSi/c1-10(2,3)11-7-8(9(11)12)13(4,5)6/h8H,7H2,1-6H3. The van der Waals surface area contributed by atoms with E-state index in [1.807, 2.05) is 0 Å². The molecule has 0 N–H and O–H groups in total. The Morgan fingerprint density at radius 1 is 1.31 bits per heavy atom. The van der Waals surface area contributed by atoms with Gasteiger partial charge in [0.15, 0.2) is 0 Å². The average molecular weight is 215 g/mol. The van der Waals surface area contributed by atoms with Crippen molar-refractivity contribution >= 4 is 25.3 Å². The van der Waals surface area contributed by atoms with Crippen LogP contribution >= 0.6 is 12.2 Å². The van der Waals surface area contributed by atoms with E-state index in [2.05, 4.69) is 45.3 Å². The molecule has 76 valence electrons. The SMILES string of the molecule is CC(C)(C)N1CC([Si](C)(C)C)C1=S. The van der Waals surface area contributed by atoms with Gasteiger partial charge >= 0.3 is 0 Å². The molecule has 1 heterocycles. The molecular weight excluding hydrogens is 194 g/mol. The van der Waals surface area contributed by atoms with Crippen molar-refractivity contribution in [1.82, 2.24) is 4.90 Å². The molecule has 1 aliphatic heterocycles. The zero-order chi connectivity index (χ0) is 10.4. The normalized spacial score (nSPS) is 24.6. The van der Waals surface area contributed by atoms with Gasteiger partial charge in [-0.2, -0.15) is 0 Å². The Balaban J connectivity index is 2.64. The van der Waals surface area contributed by atoms with E-state index in [-0.39, 0.29) is 5.54 Å². The van der Waals surface area contributed by atoms with Crippen LogP contribution in [-0.2, 0) is 0 Å². The lowest BCUT2D eigenvalue weighted by molar-refractivity contribution is 0.203. The van der Waals surface area contributed by atoms with Crippen molar-refractivity contribution in [2.75, 3.05) is 6.54 Å². The molecule has 0 aromatic heterocycles. The Hall–Kier alpha value is 0.107. The third kappa shape index (κ3) is 2.13. The second kappa shape index (κ2) is 3.06. The van der Waals surface area contributed by atoms with Crippen molar-refractivity contribution in [3.63, 3.8) is 0 Å². The fourth-order valence-electron chi connectivity index (χ4n) is 1.68. The Labute approximate surface area is 88.5 Å². The molecule has 1 saturated heterocycles. The van der Waals surface area contributed by atoms with Crippen LogP contribution in [0.2, 0.25) is 25.2 Å². The monoisotopic (exact) mass is 215 g/mol. The Morgan fingerprint density at radius 3 is 2.00 bits per heavy atom. The van der Waals surface area contributed by atoms with Gasteiger partial charge in [0.25, 0.3) is 0 Å². The van der Waals surface area contributed by atoms with E-state index in [1.54, 1.807) is 0 Å². The molecule has 0 spiro atoms. The number of hydrogen-bond acceptors (Lipinski definition) is 1. The Bertz CT molecular complexity index is 202. The summed E-state index contributed by atoms with van der Waals surface area (Å²) in [6, 6.07) is 0. The second-order valence-corrected chi connectivity index (χ2v) is 11.9. The van der Waals surface area contributed by atoms with Gasteiger partial charge in [0.2, 0.25) is 0 Å². The third-order valence-corrected chi connectivity index (χ3v) is 6.05. The molecule has 1 fully saturated rings. The van der Waals surface area contributed by atoms with E-state index in [4.69, 9.17) is 12.2 Å². The van der Waals surface area contributed by atoms with Crippen LogP contribution in [0, 0.1) is 0 Å². The van der Waals surface area contributed by atoms with Crippen molar-refractivity contribution < 1.29 is 0 Å². The summed E-state index contributed by atoms with van der Waals surface area (Å²) in [5, 5.41) is 0. The molecule has 0 amide bonds. The van der Waals surface area contributed by atoms with Gasteiger partial charge in [-0.3, -0.25) is 0 Å². The van der Waals surface area contributed by atoms with Crippen LogP contribution in [0.5, 0.6) is 0 Å². The summed E-state index contributed by atoms with van der Waals surface area (Å²) in [5.41, 5.74) is 0.967. The highest BCUT2D eigenvalue weighted by atomic mass is 32.1. The number of thiocarbonyl (C=S) groups is 1. The molecule has 0 saturated carbocycles. The predicted octanol–water partition coefficient (Wildman–Crippen LogP) is 3.14. The van der Waals surface area contributed by atoms with Crippen LogP contribution in [0.1, 0.15) is 20.8 Å². The highest BCUT2D eigenvalue weighted by Crippen LogP contribution is 2.38. The summed E-state index contributed by atoms with van der Waals surface area (Å²) in [7, 11) is -1.04. The van der Waals surface area contributed by atoms with Crippen molar-refractivity contribution in [2.45, 2.75) is 51.5 Å². The van der Waals surface area contributed by atoms with Gasteiger partial charge in [-0.1, -0.05) is 31.9 Å². The lowest BCUT2D eigenvalue weighted by Gasteiger charge is -2.53. The summed E-state index contributed by atoms with van der Waals surface area (Å²) < 4.78 is 0. The lowest BCUT2D eigenvalue weighted by Crippen LogP contribution is -2.62. The molecule has 0 aromatic rings. The van der Waals surface area contributed by atoms with Gasteiger partial charge in [0.1, 0.15) is 0 Å². The largest absolute Gasteiger partial charge is 0.361 e. The number of hydrogen-bond donors (Lipinski definition) is 0. The van der Waals surface area contributed by atoms with Gasteiger partial charge < -0.3 is 4.90 Å². The first kappa shape index (κ1) is 11.2. The van der Waals surface area contributed by atoms with E-state index < -0.39 is 8.07 Å². The number of rotatable bonds is 1. The summed E-state index contributed by atoms with van der Waals surface area (Å²) in [4.78, 5) is 3.58. The fourth-order valence-corrected chi connectivity index (χ4v) is 4.79. The highest BCUT2D eigenvalue weighted by Gasteiger charge is 2.45. The summed E-state index contributed by atoms with van der Waals surface area (Å²) in [6.07, 6.45) is 0. The van der Waals surface area contributed by atoms with Gasteiger partial charge in [-0.25, -0.2) is 0 Å². The molecule has 1 nitrogen and oxygen atoms in total. The molecule has 0 aliphatic carbocycles. The van der Waals surface area contributed by atoms with Crippen LogP contribution in [0.3, 0.4) is 0 Å². The zero-order valence-corrected chi connectivity index (χ0v) is 11.5. The first-order chi connectivity index (χ1) is 5.64. The maximum Gasteiger partial charge on any atom is 0.0805 e. The molecule has 0 bridgehead atoms. The van der Waals surface area contributed by atoms with Crippen molar-refractivity contribution in [3.8, 4) is 0 Å². The highest BCUT2D eigenvalue weighted by molar-refractivity contribution is 7.80. The van der Waals surface area contributed by atoms with E-state index in [9.17, 15) is 0 Å². The van der Waals surface area contributed by atoms with Gasteiger partial charge in [0, 0.05) is 17.6 Å². The van der Waals surface area contributed by atoms with Gasteiger partial charge in [0.05, 0.1) is 13.1 Å². The van der Waals surface area contributed by atoms with Crippen LogP contribution in [-0.4, -0.2) is 30.0 Å². The Morgan fingerprint density at radius 2 is 1.77 bits per heavy atom. The maximum absolute atomic E-state index is 5.48. The molecule has 0 radical (unpaired) electrons. The van der Waals surface area contributed by atoms with Gasteiger partial charge in [-0.05, 0) is 20.8 Å². The molecular formula is C10H21NSSi. The smallest absolute Gasteiger partial charge is 0.0805 e. The van der Waals surface area contributed by atoms with Crippen molar-refractivity contribution in [1.29, 1.82) is 0 Å². The van der Waals surface area contributed by atoms with Crippen molar-refractivity contribution in [2.24, 2.45) is 0 Å². The first-order valence-corrected chi connectivity index (χ1v) is 8.94. The van der Waals surface area contributed by atoms with Crippen LogP contribution in [0.25, 0.3) is 0 Å². The van der Waals surface area contributed by atoms with Crippen molar-refractivity contribution in [3.05, 3.63) is 0 Å². The topological polar surface area (TPSA) is 3.24 Å². The predicted molar refractivity (Wildman–Crippen MR) is 66.2 cm³/mol. The Kier molecular flexibility index (Phi) is 2.63. The molecule has 3 heteroatoms. The van der Waals surface area contributed by atoms with Gasteiger partial charge in [-0.15, -0.1) is 0 Å². The molecule has 1 unspecified atom stereocenters. The first-order valence-electron chi connectivity index (χ1n) is 4.95.